The number of hydrogen-bond donors (Lipinski definition) is 1. The van der Waals surface area contributed by atoms with E-state index >= 15 is 0 Å². The van der Waals surface area contributed by atoms with E-state index in [9.17, 15) is 4.79 Å². The van der Waals surface area contributed by atoms with Gasteiger partial charge in [0.2, 0.25) is 11.8 Å². The summed E-state index contributed by atoms with van der Waals surface area (Å²) in [4.78, 5) is 11.2. The number of aryl methyl sites for hydroxylation is 1. The molecule has 1 heterocycles. The molecule has 2 aromatic carbocycles. The number of rotatable bonds is 8. The number of aromatic nitrogens is 2. The Morgan fingerprint density at radius 3 is 2.54 bits per heavy atom. The third kappa shape index (κ3) is 4.64. The Hall–Kier alpha value is -2.99. The molecule has 0 unspecified atom stereocenters. The first-order valence-electron chi connectivity index (χ1n) is 8.97. The molecule has 7 heteroatoms. The first-order valence-corrected chi connectivity index (χ1v) is 9.35. The molecule has 0 radical (unpaired) electrons. The number of carbonyl (C=O) groups excluding carboxylic acids is 1. The van der Waals surface area contributed by atoms with Crippen LogP contribution in [0.3, 0.4) is 0 Å². The fourth-order valence-electron chi connectivity index (χ4n) is 2.74. The average molecular weight is 400 g/mol. The van der Waals surface area contributed by atoms with Crippen LogP contribution in [0.5, 0.6) is 11.6 Å². The molecule has 2 N–H and O–H groups in total. The molecule has 0 aliphatic rings. The van der Waals surface area contributed by atoms with E-state index in [0.717, 1.165) is 16.8 Å². The summed E-state index contributed by atoms with van der Waals surface area (Å²) in [5.74, 6) is 0.828. The van der Waals surface area contributed by atoms with Crippen LogP contribution < -0.4 is 15.2 Å². The number of nitrogens with two attached hydrogens (primary N) is 1. The second kappa shape index (κ2) is 8.80. The Kier molecular flexibility index (Phi) is 6.21. The molecular formula is C21H22ClN3O3. The van der Waals surface area contributed by atoms with Gasteiger partial charge in [-0.1, -0.05) is 29.8 Å². The van der Waals surface area contributed by atoms with E-state index in [1.54, 1.807) is 16.8 Å². The van der Waals surface area contributed by atoms with Gasteiger partial charge in [0.15, 0.2) is 0 Å². The van der Waals surface area contributed by atoms with Crippen molar-refractivity contribution in [2.24, 2.45) is 5.73 Å². The van der Waals surface area contributed by atoms with E-state index in [1.807, 2.05) is 50.2 Å². The lowest BCUT2D eigenvalue weighted by molar-refractivity contribution is 0.100. The highest BCUT2D eigenvalue weighted by Crippen LogP contribution is 2.26. The van der Waals surface area contributed by atoms with Gasteiger partial charge in [-0.3, -0.25) is 4.79 Å². The van der Waals surface area contributed by atoms with Crippen LogP contribution in [-0.4, -0.2) is 28.9 Å². The van der Waals surface area contributed by atoms with Gasteiger partial charge < -0.3 is 15.2 Å². The van der Waals surface area contributed by atoms with Gasteiger partial charge in [0.05, 0.1) is 23.9 Å². The number of nitrogens with zero attached hydrogens (tertiary/aromatic N) is 2. The van der Waals surface area contributed by atoms with Gasteiger partial charge >= 0.3 is 0 Å². The maximum atomic E-state index is 11.2. The number of primary amides is 1. The van der Waals surface area contributed by atoms with Crippen LogP contribution in [0.25, 0.3) is 11.3 Å². The maximum absolute atomic E-state index is 11.2. The average Bonchev–Trinajstić information content (AvgIpc) is 3.07. The monoisotopic (exact) mass is 399 g/mol. The van der Waals surface area contributed by atoms with Gasteiger partial charge in [0, 0.05) is 17.2 Å². The van der Waals surface area contributed by atoms with Crippen molar-refractivity contribution in [3.05, 3.63) is 64.7 Å². The molecule has 0 fully saturated rings. The van der Waals surface area contributed by atoms with E-state index in [4.69, 9.17) is 26.8 Å². The van der Waals surface area contributed by atoms with Crippen LogP contribution in [0.15, 0.2) is 48.5 Å². The second-order valence-electron chi connectivity index (χ2n) is 6.25. The molecule has 3 aromatic rings. The zero-order chi connectivity index (χ0) is 20.1. The first-order chi connectivity index (χ1) is 13.5. The maximum Gasteiger partial charge on any atom is 0.248 e. The Morgan fingerprint density at radius 2 is 1.89 bits per heavy atom. The molecule has 0 spiro atoms. The highest BCUT2D eigenvalue weighted by molar-refractivity contribution is 6.32. The Morgan fingerprint density at radius 1 is 1.14 bits per heavy atom. The van der Waals surface area contributed by atoms with Crippen LogP contribution in [-0.2, 0) is 6.54 Å². The largest absolute Gasteiger partial charge is 0.490 e. The fourth-order valence-corrected chi connectivity index (χ4v) is 3.02. The predicted octanol–water partition coefficient (Wildman–Crippen LogP) is 4.09. The highest BCUT2D eigenvalue weighted by Gasteiger charge is 2.12. The van der Waals surface area contributed by atoms with Crippen molar-refractivity contribution in [1.29, 1.82) is 0 Å². The molecule has 1 amide bonds. The number of carbonyl (C=O) groups is 1. The van der Waals surface area contributed by atoms with Crippen molar-refractivity contribution in [1.82, 2.24) is 9.78 Å². The topological polar surface area (TPSA) is 79.4 Å². The molecule has 6 nitrogen and oxygen atoms in total. The SMILES string of the molecule is CCOc1cc(-c2ccc(C(N)=O)cc2)nn1CCOc1ccc(C)cc1Cl. The lowest BCUT2D eigenvalue weighted by Crippen LogP contribution is -2.12. The van der Waals surface area contributed by atoms with Gasteiger partial charge in [-0.2, -0.15) is 5.10 Å². The second-order valence-corrected chi connectivity index (χ2v) is 6.66. The first kappa shape index (κ1) is 19.8. The fraction of sp³-hybridized carbons (Fsp3) is 0.238. The zero-order valence-corrected chi connectivity index (χ0v) is 16.6. The van der Waals surface area contributed by atoms with E-state index in [0.29, 0.717) is 42.0 Å². The quantitative estimate of drug-likeness (QED) is 0.618. The van der Waals surface area contributed by atoms with Gasteiger partial charge in [0.1, 0.15) is 12.4 Å². The van der Waals surface area contributed by atoms with Crippen molar-refractivity contribution < 1.29 is 14.3 Å². The summed E-state index contributed by atoms with van der Waals surface area (Å²) in [5, 5.41) is 5.19. The number of hydrogen-bond acceptors (Lipinski definition) is 4. The summed E-state index contributed by atoms with van der Waals surface area (Å²) in [6, 6.07) is 14.5. The molecule has 1 aromatic heterocycles. The molecule has 146 valence electrons. The van der Waals surface area contributed by atoms with Gasteiger partial charge in [-0.15, -0.1) is 0 Å². The van der Waals surface area contributed by atoms with Crippen molar-refractivity contribution in [3.8, 4) is 22.9 Å². The van der Waals surface area contributed by atoms with Gasteiger partial charge in [0.25, 0.3) is 0 Å². The summed E-state index contributed by atoms with van der Waals surface area (Å²) in [6.45, 7) is 5.31. The van der Waals surface area contributed by atoms with Crippen molar-refractivity contribution in [2.75, 3.05) is 13.2 Å². The Balaban J connectivity index is 1.74. The molecule has 0 aliphatic heterocycles. The molecule has 28 heavy (non-hydrogen) atoms. The number of benzene rings is 2. The molecule has 3 rings (SSSR count). The predicted molar refractivity (Wildman–Crippen MR) is 109 cm³/mol. The zero-order valence-electron chi connectivity index (χ0n) is 15.8. The molecule has 0 bridgehead atoms. The summed E-state index contributed by atoms with van der Waals surface area (Å²) in [6.07, 6.45) is 0. The summed E-state index contributed by atoms with van der Waals surface area (Å²) in [7, 11) is 0. The van der Waals surface area contributed by atoms with Gasteiger partial charge in [-0.05, 0) is 43.7 Å². The van der Waals surface area contributed by atoms with Crippen LogP contribution in [0.2, 0.25) is 5.02 Å². The Bertz CT molecular complexity index is 968. The minimum absolute atomic E-state index is 0.393. The number of halogens is 1. The van der Waals surface area contributed by atoms with Crippen LogP contribution in [0.4, 0.5) is 0 Å². The summed E-state index contributed by atoms with van der Waals surface area (Å²) >= 11 is 6.21. The van der Waals surface area contributed by atoms with E-state index in [-0.39, 0.29) is 0 Å². The number of ether oxygens (including phenoxy) is 2. The van der Waals surface area contributed by atoms with E-state index in [1.165, 1.54) is 0 Å². The van der Waals surface area contributed by atoms with E-state index < -0.39 is 5.91 Å². The third-order valence-corrected chi connectivity index (χ3v) is 4.44. The van der Waals surface area contributed by atoms with Crippen molar-refractivity contribution in [2.45, 2.75) is 20.4 Å². The molecule has 0 saturated carbocycles. The smallest absolute Gasteiger partial charge is 0.248 e. The number of amides is 1. The van der Waals surface area contributed by atoms with Crippen molar-refractivity contribution in [3.63, 3.8) is 0 Å². The lowest BCUT2D eigenvalue weighted by atomic mass is 10.1. The minimum atomic E-state index is -0.459. The highest BCUT2D eigenvalue weighted by atomic mass is 35.5. The van der Waals surface area contributed by atoms with Crippen molar-refractivity contribution >= 4 is 17.5 Å². The molecule has 0 aliphatic carbocycles. The minimum Gasteiger partial charge on any atom is -0.490 e. The molecule has 0 saturated heterocycles. The normalized spacial score (nSPS) is 10.7. The molecular weight excluding hydrogens is 378 g/mol. The summed E-state index contributed by atoms with van der Waals surface area (Å²) in [5.41, 5.74) is 8.44. The van der Waals surface area contributed by atoms with Gasteiger partial charge in [-0.25, -0.2) is 4.68 Å². The van der Waals surface area contributed by atoms with Crippen LogP contribution in [0, 0.1) is 6.92 Å². The summed E-state index contributed by atoms with van der Waals surface area (Å²) < 4.78 is 13.2. The third-order valence-electron chi connectivity index (χ3n) is 4.15. The Labute approximate surface area is 168 Å². The van der Waals surface area contributed by atoms with E-state index in [2.05, 4.69) is 5.10 Å². The standard InChI is InChI=1S/C21H22ClN3O3/c1-3-27-20-13-18(15-5-7-16(8-6-15)21(23)26)24-25(20)10-11-28-19-9-4-14(2)12-17(19)22/h4-9,12-13H,3,10-11H2,1-2H3,(H2,23,26). The van der Waals surface area contributed by atoms with Crippen LogP contribution >= 0.6 is 11.6 Å². The molecule has 0 atom stereocenters. The van der Waals surface area contributed by atoms with Crippen LogP contribution in [0.1, 0.15) is 22.8 Å². The lowest BCUT2D eigenvalue weighted by Gasteiger charge is -2.10.